The lowest BCUT2D eigenvalue weighted by molar-refractivity contribution is 0.484. The third kappa shape index (κ3) is 4.69. The summed E-state index contributed by atoms with van der Waals surface area (Å²) in [6, 6.07) is 2.06. The molecule has 1 aromatic heterocycles. The van der Waals surface area contributed by atoms with Crippen molar-refractivity contribution in [2.75, 3.05) is 29.9 Å². The normalized spacial score (nSPS) is 10.8. The standard InChI is InChI=1S/C15H28N4/c1-6-13(7-2)11-19(9-4)15-10-14(16-8-3)17-12(5)18-15/h10,13H,6-9,11H2,1-5H3,(H,16,17,18). The number of aryl methyl sites for hydroxylation is 1. The van der Waals surface area contributed by atoms with Crippen LogP contribution in [-0.4, -0.2) is 29.6 Å². The maximum atomic E-state index is 4.58. The molecule has 4 heteroatoms. The molecule has 0 aromatic carbocycles. The van der Waals surface area contributed by atoms with E-state index in [9.17, 15) is 0 Å². The monoisotopic (exact) mass is 264 g/mol. The average molecular weight is 264 g/mol. The fraction of sp³-hybridized carbons (Fsp3) is 0.733. The van der Waals surface area contributed by atoms with Crippen molar-refractivity contribution in [3.8, 4) is 0 Å². The molecule has 0 saturated carbocycles. The Morgan fingerprint density at radius 2 is 1.84 bits per heavy atom. The van der Waals surface area contributed by atoms with Gasteiger partial charge in [0.1, 0.15) is 17.5 Å². The fourth-order valence-corrected chi connectivity index (χ4v) is 2.23. The van der Waals surface area contributed by atoms with Gasteiger partial charge < -0.3 is 10.2 Å². The van der Waals surface area contributed by atoms with Crippen molar-refractivity contribution in [3.63, 3.8) is 0 Å². The van der Waals surface area contributed by atoms with Crippen molar-refractivity contribution in [1.29, 1.82) is 0 Å². The van der Waals surface area contributed by atoms with E-state index in [2.05, 4.69) is 53.9 Å². The molecule has 108 valence electrons. The lowest BCUT2D eigenvalue weighted by atomic mass is 10.0. The first kappa shape index (κ1) is 15.7. The fourth-order valence-electron chi connectivity index (χ4n) is 2.23. The summed E-state index contributed by atoms with van der Waals surface area (Å²) in [5.41, 5.74) is 0. The van der Waals surface area contributed by atoms with E-state index >= 15 is 0 Å². The van der Waals surface area contributed by atoms with E-state index in [4.69, 9.17) is 0 Å². The third-order valence-electron chi connectivity index (χ3n) is 3.52. The van der Waals surface area contributed by atoms with Gasteiger partial charge in [-0.05, 0) is 26.7 Å². The van der Waals surface area contributed by atoms with E-state index < -0.39 is 0 Å². The van der Waals surface area contributed by atoms with Crippen LogP contribution in [-0.2, 0) is 0 Å². The molecule has 19 heavy (non-hydrogen) atoms. The summed E-state index contributed by atoms with van der Waals surface area (Å²) < 4.78 is 0. The average Bonchev–Trinajstić information content (AvgIpc) is 2.40. The maximum absolute atomic E-state index is 4.58. The van der Waals surface area contributed by atoms with Gasteiger partial charge in [0.15, 0.2) is 0 Å². The second-order valence-electron chi connectivity index (χ2n) is 4.91. The molecule has 0 aliphatic rings. The quantitative estimate of drug-likeness (QED) is 0.780. The molecule has 0 fully saturated rings. The van der Waals surface area contributed by atoms with Gasteiger partial charge in [0.2, 0.25) is 0 Å². The lowest BCUT2D eigenvalue weighted by Gasteiger charge is -2.27. The smallest absolute Gasteiger partial charge is 0.134 e. The Kier molecular flexibility index (Phi) is 6.60. The van der Waals surface area contributed by atoms with Gasteiger partial charge in [-0.15, -0.1) is 0 Å². The zero-order valence-electron chi connectivity index (χ0n) is 13.0. The highest BCUT2D eigenvalue weighted by Gasteiger charge is 2.13. The molecular weight excluding hydrogens is 236 g/mol. The summed E-state index contributed by atoms with van der Waals surface area (Å²) >= 11 is 0. The molecule has 1 aromatic rings. The minimum Gasteiger partial charge on any atom is -0.370 e. The second kappa shape index (κ2) is 7.97. The van der Waals surface area contributed by atoms with Gasteiger partial charge in [0, 0.05) is 25.7 Å². The van der Waals surface area contributed by atoms with Crippen molar-refractivity contribution in [3.05, 3.63) is 11.9 Å². The van der Waals surface area contributed by atoms with Crippen LogP contribution in [0, 0.1) is 12.8 Å². The van der Waals surface area contributed by atoms with Gasteiger partial charge in [-0.3, -0.25) is 0 Å². The molecule has 4 nitrogen and oxygen atoms in total. The molecular formula is C15H28N4. The van der Waals surface area contributed by atoms with E-state index in [0.717, 1.165) is 43.0 Å². The largest absolute Gasteiger partial charge is 0.370 e. The molecule has 1 heterocycles. The maximum Gasteiger partial charge on any atom is 0.134 e. The van der Waals surface area contributed by atoms with E-state index in [1.807, 2.05) is 6.92 Å². The Morgan fingerprint density at radius 1 is 1.16 bits per heavy atom. The topological polar surface area (TPSA) is 41.0 Å². The zero-order valence-corrected chi connectivity index (χ0v) is 13.0. The molecule has 0 saturated heterocycles. The summed E-state index contributed by atoms with van der Waals surface area (Å²) in [7, 11) is 0. The van der Waals surface area contributed by atoms with E-state index in [1.165, 1.54) is 12.8 Å². The summed E-state index contributed by atoms with van der Waals surface area (Å²) in [5.74, 6) is 3.53. The molecule has 1 rings (SSSR count). The Labute approximate surface area is 117 Å². The first-order valence-electron chi connectivity index (χ1n) is 7.48. The first-order valence-corrected chi connectivity index (χ1v) is 7.48. The van der Waals surface area contributed by atoms with Crippen molar-refractivity contribution in [2.45, 2.75) is 47.5 Å². The van der Waals surface area contributed by atoms with Crippen LogP contribution in [0.1, 0.15) is 46.4 Å². The third-order valence-corrected chi connectivity index (χ3v) is 3.52. The number of aromatic nitrogens is 2. The van der Waals surface area contributed by atoms with Crippen LogP contribution in [0.25, 0.3) is 0 Å². The van der Waals surface area contributed by atoms with Gasteiger partial charge in [-0.2, -0.15) is 0 Å². The molecule has 0 unspecified atom stereocenters. The first-order chi connectivity index (χ1) is 9.14. The van der Waals surface area contributed by atoms with Crippen LogP contribution in [0.3, 0.4) is 0 Å². The predicted octanol–water partition coefficient (Wildman–Crippen LogP) is 3.48. The van der Waals surface area contributed by atoms with Crippen LogP contribution in [0.2, 0.25) is 0 Å². The van der Waals surface area contributed by atoms with E-state index in [0.29, 0.717) is 0 Å². The van der Waals surface area contributed by atoms with Crippen molar-refractivity contribution >= 4 is 11.6 Å². The highest BCUT2D eigenvalue weighted by Crippen LogP contribution is 2.19. The Balaban J connectivity index is 2.90. The van der Waals surface area contributed by atoms with Gasteiger partial charge in [0.05, 0.1) is 0 Å². The van der Waals surface area contributed by atoms with Crippen LogP contribution >= 0.6 is 0 Å². The number of nitrogens with one attached hydrogen (secondary N) is 1. The molecule has 0 aliphatic heterocycles. The van der Waals surface area contributed by atoms with Crippen LogP contribution in [0.4, 0.5) is 11.6 Å². The predicted molar refractivity (Wildman–Crippen MR) is 82.9 cm³/mol. The number of anilines is 2. The minimum absolute atomic E-state index is 0.734. The SMILES string of the molecule is CCNc1cc(N(CC)CC(CC)CC)nc(C)n1. The van der Waals surface area contributed by atoms with Crippen LogP contribution in [0.15, 0.2) is 6.07 Å². The van der Waals surface area contributed by atoms with Gasteiger partial charge in [-0.25, -0.2) is 9.97 Å². The molecule has 0 amide bonds. The van der Waals surface area contributed by atoms with E-state index in [-0.39, 0.29) is 0 Å². The number of hydrogen-bond donors (Lipinski definition) is 1. The molecule has 0 radical (unpaired) electrons. The summed E-state index contributed by atoms with van der Waals surface area (Å²) in [4.78, 5) is 11.3. The van der Waals surface area contributed by atoms with Crippen LogP contribution < -0.4 is 10.2 Å². The Morgan fingerprint density at radius 3 is 2.37 bits per heavy atom. The molecule has 0 bridgehead atoms. The van der Waals surface area contributed by atoms with Gasteiger partial charge in [0.25, 0.3) is 0 Å². The van der Waals surface area contributed by atoms with Gasteiger partial charge in [-0.1, -0.05) is 26.7 Å². The molecule has 0 atom stereocenters. The second-order valence-corrected chi connectivity index (χ2v) is 4.91. The Hall–Kier alpha value is -1.32. The van der Waals surface area contributed by atoms with Crippen molar-refractivity contribution in [2.24, 2.45) is 5.92 Å². The number of nitrogens with zero attached hydrogens (tertiary/aromatic N) is 3. The zero-order chi connectivity index (χ0) is 14.3. The summed E-state index contributed by atoms with van der Waals surface area (Å²) in [5, 5.41) is 3.27. The minimum atomic E-state index is 0.734. The molecule has 0 spiro atoms. The van der Waals surface area contributed by atoms with E-state index in [1.54, 1.807) is 0 Å². The van der Waals surface area contributed by atoms with Crippen LogP contribution in [0.5, 0.6) is 0 Å². The van der Waals surface area contributed by atoms with Crippen molar-refractivity contribution in [1.82, 2.24) is 9.97 Å². The van der Waals surface area contributed by atoms with Gasteiger partial charge >= 0.3 is 0 Å². The number of rotatable bonds is 8. The molecule has 1 N–H and O–H groups in total. The van der Waals surface area contributed by atoms with Crippen molar-refractivity contribution < 1.29 is 0 Å². The summed E-state index contributed by atoms with van der Waals surface area (Å²) in [6.07, 6.45) is 2.44. The highest BCUT2D eigenvalue weighted by atomic mass is 15.2. The Bertz CT molecular complexity index is 374. The number of hydrogen-bond acceptors (Lipinski definition) is 4. The highest BCUT2D eigenvalue weighted by molar-refractivity contribution is 5.49. The lowest BCUT2D eigenvalue weighted by Crippen LogP contribution is -2.30. The summed E-state index contributed by atoms with van der Waals surface area (Å²) in [6.45, 7) is 13.7. The molecule has 0 aliphatic carbocycles.